The Morgan fingerprint density at radius 2 is 1.81 bits per heavy atom. The molecule has 0 heterocycles. The van der Waals surface area contributed by atoms with Gasteiger partial charge in [0.2, 0.25) is 0 Å². The van der Waals surface area contributed by atoms with Crippen molar-refractivity contribution >= 4 is 39.8 Å². The topological polar surface area (TPSA) is 89.0 Å². The van der Waals surface area contributed by atoms with Crippen LogP contribution in [0.2, 0.25) is 0 Å². The standard InChI is InChI=1S/C17H29N3O4S.HI/c1-4-24-12-5-10-18-17(19-11-13-25(3,21)22)20-14-15-6-8-16(23-2)9-7-15;/h6-9H,4-5,10-14H2,1-3H3,(H2,18,19,20);1H. The summed E-state index contributed by atoms with van der Waals surface area (Å²) in [6.07, 6.45) is 2.07. The number of hydrogen-bond acceptors (Lipinski definition) is 5. The summed E-state index contributed by atoms with van der Waals surface area (Å²) in [5.74, 6) is 1.46. The minimum atomic E-state index is -3.01. The number of nitrogens with zero attached hydrogens (tertiary/aromatic N) is 1. The molecule has 0 radical (unpaired) electrons. The van der Waals surface area contributed by atoms with Gasteiger partial charge in [-0.3, -0.25) is 0 Å². The van der Waals surface area contributed by atoms with Gasteiger partial charge in [-0.1, -0.05) is 12.1 Å². The van der Waals surface area contributed by atoms with Crippen molar-refractivity contribution in [3.63, 3.8) is 0 Å². The third kappa shape index (κ3) is 12.3. The van der Waals surface area contributed by atoms with Crippen molar-refractivity contribution in [2.24, 2.45) is 4.99 Å². The van der Waals surface area contributed by atoms with E-state index in [0.29, 0.717) is 38.8 Å². The SMILES string of the molecule is CCOCCCNC(=NCc1ccc(OC)cc1)NCCS(C)(=O)=O.I. The van der Waals surface area contributed by atoms with Gasteiger partial charge in [-0.05, 0) is 31.0 Å². The highest BCUT2D eigenvalue weighted by Crippen LogP contribution is 2.11. The van der Waals surface area contributed by atoms with Gasteiger partial charge in [-0.25, -0.2) is 13.4 Å². The van der Waals surface area contributed by atoms with E-state index in [1.807, 2.05) is 31.2 Å². The van der Waals surface area contributed by atoms with E-state index in [9.17, 15) is 8.42 Å². The fourth-order valence-electron chi connectivity index (χ4n) is 1.96. The zero-order valence-corrected chi connectivity index (χ0v) is 18.8. The number of halogens is 1. The van der Waals surface area contributed by atoms with Crippen molar-refractivity contribution in [3.05, 3.63) is 29.8 Å². The van der Waals surface area contributed by atoms with E-state index in [0.717, 1.165) is 17.7 Å². The van der Waals surface area contributed by atoms with Crippen molar-refractivity contribution in [1.29, 1.82) is 0 Å². The number of benzene rings is 1. The van der Waals surface area contributed by atoms with Crippen molar-refractivity contribution < 1.29 is 17.9 Å². The zero-order valence-electron chi connectivity index (χ0n) is 15.7. The van der Waals surface area contributed by atoms with Crippen LogP contribution in [0.15, 0.2) is 29.3 Å². The molecule has 0 fully saturated rings. The van der Waals surface area contributed by atoms with E-state index >= 15 is 0 Å². The van der Waals surface area contributed by atoms with Crippen LogP contribution < -0.4 is 15.4 Å². The van der Waals surface area contributed by atoms with Gasteiger partial charge in [0.15, 0.2) is 5.96 Å². The Hall–Kier alpha value is -1.07. The normalized spacial score (nSPS) is 11.6. The summed E-state index contributed by atoms with van der Waals surface area (Å²) < 4.78 is 32.9. The second kappa shape index (κ2) is 14.0. The van der Waals surface area contributed by atoms with Gasteiger partial charge < -0.3 is 20.1 Å². The summed E-state index contributed by atoms with van der Waals surface area (Å²) in [5, 5.41) is 6.25. The quantitative estimate of drug-likeness (QED) is 0.209. The fraction of sp³-hybridized carbons (Fsp3) is 0.588. The average molecular weight is 499 g/mol. The lowest BCUT2D eigenvalue weighted by atomic mass is 10.2. The van der Waals surface area contributed by atoms with Gasteiger partial charge in [0, 0.05) is 32.6 Å². The molecule has 0 saturated carbocycles. The third-order valence-electron chi connectivity index (χ3n) is 3.31. The molecular weight excluding hydrogens is 469 g/mol. The Bertz CT molecular complexity index is 621. The average Bonchev–Trinajstić information content (AvgIpc) is 2.58. The van der Waals surface area contributed by atoms with Gasteiger partial charge >= 0.3 is 0 Å². The molecule has 0 aliphatic rings. The van der Waals surface area contributed by atoms with Crippen LogP contribution in [0, 0.1) is 0 Å². The molecule has 150 valence electrons. The molecule has 2 N–H and O–H groups in total. The van der Waals surface area contributed by atoms with Crippen molar-refractivity contribution in [2.45, 2.75) is 19.9 Å². The predicted octanol–water partition coefficient (Wildman–Crippen LogP) is 1.82. The number of aliphatic imine (C=N–C) groups is 1. The van der Waals surface area contributed by atoms with E-state index in [1.165, 1.54) is 6.26 Å². The fourth-order valence-corrected chi connectivity index (χ4v) is 2.43. The molecule has 7 nitrogen and oxygen atoms in total. The molecule has 1 aromatic rings. The van der Waals surface area contributed by atoms with Gasteiger partial charge in [0.25, 0.3) is 0 Å². The number of nitrogens with one attached hydrogen (secondary N) is 2. The summed E-state index contributed by atoms with van der Waals surface area (Å²) in [6, 6.07) is 7.67. The Morgan fingerprint density at radius 1 is 1.15 bits per heavy atom. The van der Waals surface area contributed by atoms with E-state index in [-0.39, 0.29) is 29.7 Å². The van der Waals surface area contributed by atoms with Crippen molar-refractivity contribution in [3.8, 4) is 5.75 Å². The lowest BCUT2D eigenvalue weighted by Crippen LogP contribution is -2.40. The van der Waals surface area contributed by atoms with Crippen LogP contribution in [0.3, 0.4) is 0 Å². The number of methoxy groups -OCH3 is 1. The molecule has 0 aliphatic heterocycles. The highest BCUT2D eigenvalue weighted by atomic mass is 127. The summed E-state index contributed by atoms with van der Waals surface area (Å²) in [5.41, 5.74) is 1.04. The maximum atomic E-state index is 11.3. The van der Waals surface area contributed by atoms with Gasteiger partial charge in [0.1, 0.15) is 15.6 Å². The molecule has 9 heteroatoms. The number of sulfone groups is 1. The predicted molar refractivity (Wildman–Crippen MR) is 116 cm³/mol. The number of guanidine groups is 1. The van der Waals surface area contributed by atoms with Gasteiger partial charge in [0.05, 0.1) is 19.4 Å². The molecule has 1 aromatic carbocycles. The maximum Gasteiger partial charge on any atom is 0.191 e. The molecule has 0 aliphatic carbocycles. The minimum Gasteiger partial charge on any atom is -0.497 e. The molecule has 0 aromatic heterocycles. The van der Waals surface area contributed by atoms with E-state index in [4.69, 9.17) is 9.47 Å². The zero-order chi connectivity index (χ0) is 18.5. The first-order chi connectivity index (χ1) is 11.9. The molecule has 0 amide bonds. The molecular formula is C17H30IN3O4S. The molecule has 0 bridgehead atoms. The van der Waals surface area contributed by atoms with Gasteiger partial charge in [-0.15, -0.1) is 24.0 Å². The summed E-state index contributed by atoms with van der Waals surface area (Å²) in [6.45, 7) is 4.85. The lowest BCUT2D eigenvalue weighted by molar-refractivity contribution is 0.145. The van der Waals surface area contributed by atoms with Crippen molar-refractivity contribution in [2.75, 3.05) is 45.4 Å². The van der Waals surface area contributed by atoms with Crippen LogP contribution in [0.25, 0.3) is 0 Å². The van der Waals surface area contributed by atoms with E-state index in [1.54, 1.807) is 7.11 Å². The van der Waals surface area contributed by atoms with Gasteiger partial charge in [-0.2, -0.15) is 0 Å². The van der Waals surface area contributed by atoms with Crippen LogP contribution in [-0.4, -0.2) is 59.8 Å². The molecule has 0 unspecified atom stereocenters. The van der Waals surface area contributed by atoms with Crippen molar-refractivity contribution in [1.82, 2.24) is 10.6 Å². The molecule has 0 atom stereocenters. The minimum absolute atomic E-state index is 0. The molecule has 0 saturated heterocycles. The highest BCUT2D eigenvalue weighted by Gasteiger charge is 2.04. The third-order valence-corrected chi connectivity index (χ3v) is 4.25. The second-order valence-corrected chi connectivity index (χ2v) is 7.81. The number of hydrogen-bond donors (Lipinski definition) is 2. The first-order valence-electron chi connectivity index (χ1n) is 8.35. The monoisotopic (exact) mass is 499 g/mol. The lowest BCUT2D eigenvalue weighted by Gasteiger charge is -2.12. The maximum absolute atomic E-state index is 11.3. The highest BCUT2D eigenvalue weighted by molar-refractivity contribution is 14.0. The molecule has 26 heavy (non-hydrogen) atoms. The second-order valence-electron chi connectivity index (χ2n) is 5.55. The molecule has 1 rings (SSSR count). The van der Waals surface area contributed by atoms with Crippen LogP contribution >= 0.6 is 24.0 Å². The first kappa shape index (κ1) is 24.9. The van der Waals surface area contributed by atoms with E-state index < -0.39 is 9.84 Å². The number of rotatable bonds is 11. The Labute approximate surface area is 173 Å². The van der Waals surface area contributed by atoms with Crippen LogP contribution in [0.4, 0.5) is 0 Å². The molecule has 0 spiro atoms. The number of ether oxygens (including phenoxy) is 2. The largest absolute Gasteiger partial charge is 0.497 e. The Kier molecular flexibility index (Phi) is 13.5. The van der Waals surface area contributed by atoms with Crippen LogP contribution in [0.1, 0.15) is 18.9 Å². The Morgan fingerprint density at radius 3 is 2.38 bits per heavy atom. The van der Waals surface area contributed by atoms with Crippen LogP contribution in [-0.2, 0) is 21.1 Å². The summed E-state index contributed by atoms with van der Waals surface area (Å²) in [7, 11) is -1.38. The smallest absolute Gasteiger partial charge is 0.191 e. The van der Waals surface area contributed by atoms with Crippen LogP contribution in [0.5, 0.6) is 5.75 Å². The Balaban J connectivity index is 0.00000625. The summed E-state index contributed by atoms with van der Waals surface area (Å²) >= 11 is 0. The summed E-state index contributed by atoms with van der Waals surface area (Å²) in [4.78, 5) is 4.50. The van der Waals surface area contributed by atoms with E-state index in [2.05, 4.69) is 15.6 Å². The first-order valence-corrected chi connectivity index (χ1v) is 10.4.